The number of hydrogen-bond acceptors (Lipinski definition) is 1. The minimum absolute atomic E-state index is 0.259. The fourth-order valence-electron chi connectivity index (χ4n) is 4.38. The molecule has 0 aromatic heterocycles. The maximum Gasteiger partial charge on any atom is 0.157 e. The molecule has 0 radical (unpaired) electrons. The van der Waals surface area contributed by atoms with E-state index < -0.39 is 0 Å². The average Bonchev–Trinajstić information content (AvgIpc) is 2.66. The maximum absolute atomic E-state index is 12.9. The topological polar surface area (TPSA) is 17.1 Å². The zero-order valence-corrected chi connectivity index (χ0v) is 14.6. The van der Waals surface area contributed by atoms with E-state index in [-0.39, 0.29) is 11.2 Å². The molecule has 1 saturated carbocycles. The van der Waals surface area contributed by atoms with E-state index in [2.05, 4.69) is 54.6 Å². The Balaban J connectivity index is 1.86. The van der Waals surface area contributed by atoms with Crippen molar-refractivity contribution in [3.8, 4) is 0 Å². The van der Waals surface area contributed by atoms with Crippen LogP contribution in [0, 0.1) is 0 Å². The molecule has 4 rings (SSSR count). The minimum atomic E-state index is -0.272. The van der Waals surface area contributed by atoms with Gasteiger partial charge in [0, 0.05) is 11.8 Å². The molecular weight excluding hydrogens is 304 g/mol. The zero-order valence-electron chi connectivity index (χ0n) is 14.6. The van der Waals surface area contributed by atoms with Crippen molar-refractivity contribution in [2.24, 2.45) is 0 Å². The van der Waals surface area contributed by atoms with Crippen LogP contribution in [0.3, 0.4) is 0 Å². The molecule has 2 aromatic carbocycles. The first-order valence-electron chi connectivity index (χ1n) is 9.32. The van der Waals surface area contributed by atoms with E-state index in [9.17, 15) is 4.79 Å². The van der Waals surface area contributed by atoms with Crippen LogP contribution in [0.1, 0.15) is 49.7 Å². The van der Waals surface area contributed by atoms with Gasteiger partial charge in [-0.1, -0.05) is 66.7 Å². The number of benzene rings is 2. The Bertz CT molecular complexity index is 772. The molecule has 2 aromatic rings. The van der Waals surface area contributed by atoms with Gasteiger partial charge in [-0.2, -0.15) is 0 Å². The van der Waals surface area contributed by atoms with Gasteiger partial charge in [0.15, 0.2) is 5.78 Å². The summed E-state index contributed by atoms with van der Waals surface area (Å²) in [5.74, 6) is 0.259. The van der Waals surface area contributed by atoms with Crippen LogP contribution in [-0.2, 0) is 10.2 Å². The van der Waals surface area contributed by atoms with Crippen molar-refractivity contribution >= 4 is 5.78 Å². The Labute approximate surface area is 150 Å². The number of hydrogen-bond donors (Lipinski definition) is 0. The molecule has 2 aliphatic rings. The third-order valence-corrected chi connectivity index (χ3v) is 5.72. The van der Waals surface area contributed by atoms with Gasteiger partial charge in [-0.15, -0.1) is 0 Å². The van der Waals surface area contributed by atoms with Gasteiger partial charge < -0.3 is 0 Å². The monoisotopic (exact) mass is 328 g/mol. The third kappa shape index (κ3) is 3.11. The first kappa shape index (κ1) is 16.1. The number of allylic oxidation sites excluding steroid dienone is 4. The molecule has 0 aliphatic heterocycles. The molecule has 0 unspecified atom stereocenters. The van der Waals surface area contributed by atoms with Crippen molar-refractivity contribution in [2.45, 2.75) is 43.9 Å². The van der Waals surface area contributed by atoms with Crippen LogP contribution in [0.5, 0.6) is 0 Å². The molecular formula is C24H24O. The van der Waals surface area contributed by atoms with Crippen LogP contribution in [-0.4, -0.2) is 5.78 Å². The Morgan fingerprint density at radius 1 is 0.720 bits per heavy atom. The van der Waals surface area contributed by atoms with Crippen molar-refractivity contribution < 1.29 is 4.79 Å². The van der Waals surface area contributed by atoms with Crippen LogP contribution >= 0.6 is 0 Å². The molecule has 0 saturated heterocycles. The van der Waals surface area contributed by atoms with E-state index in [0.29, 0.717) is 6.42 Å². The van der Waals surface area contributed by atoms with Gasteiger partial charge in [0.2, 0.25) is 0 Å². The lowest BCUT2D eigenvalue weighted by Gasteiger charge is -2.35. The fraction of sp³-hybridized carbons (Fsp3) is 0.292. The van der Waals surface area contributed by atoms with E-state index in [1.807, 2.05) is 18.2 Å². The summed E-state index contributed by atoms with van der Waals surface area (Å²) in [5.41, 5.74) is 4.88. The van der Waals surface area contributed by atoms with Crippen LogP contribution in [0.2, 0.25) is 0 Å². The molecule has 0 amide bonds. The predicted octanol–water partition coefficient (Wildman–Crippen LogP) is 5.76. The van der Waals surface area contributed by atoms with Gasteiger partial charge in [-0.3, -0.25) is 4.79 Å². The lowest BCUT2D eigenvalue weighted by Crippen LogP contribution is -2.31. The van der Waals surface area contributed by atoms with E-state index in [4.69, 9.17) is 0 Å². The highest BCUT2D eigenvalue weighted by Crippen LogP contribution is 2.43. The van der Waals surface area contributed by atoms with Gasteiger partial charge in [-0.25, -0.2) is 0 Å². The van der Waals surface area contributed by atoms with E-state index in [0.717, 1.165) is 19.3 Å². The second-order valence-electron chi connectivity index (χ2n) is 7.27. The molecule has 0 atom stereocenters. The smallest absolute Gasteiger partial charge is 0.157 e. The Morgan fingerprint density at radius 2 is 1.28 bits per heavy atom. The highest BCUT2D eigenvalue weighted by molar-refractivity contribution is 5.93. The number of carbonyl (C=O) groups excluding carboxylic acids is 1. The fourth-order valence-corrected chi connectivity index (χ4v) is 4.38. The van der Waals surface area contributed by atoms with Gasteiger partial charge in [0.25, 0.3) is 0 Å². The van der Waals surface area contributed by atoms with Crippen molar-refractivity contribution in [2.75, 3.05) is 0 Å². The lowest BCUT2D eigenvalue weighted by atomic mass is 9.67. The summed E-state index contributed by atoms with van der Waals surface area (Å²) in [7, 11) is 0. The third-order valence-electron chi connectivity index (χ3n) is 5.72. The standard InChI is InChI=1S/C24H24O/c25-23-17-20-10-8-7-9-19(20)15-16-24(18-23,21-11-3-1-4-12-21)22-13-5-2-6-14-22/h1-6,11-15,17H,7-10,16,18H2/b19-15-,20-17-. The van der Waals surface area contributed by atoms with E-state index in [1.165, 1.54) is 35.1 Å². The first-order valence-corrected chi connectivity index (χ1v) is 9.32. The van der Waals surface area contributed by atoms with Crippen molar-refractivity contribution in [3.63, 3.8) is 0 Å². The van der Waals surface area contributed by atoms with Crippen molar-refractivity contribution in [1.29, 1.82) is 0 Å². The zero-order chi connectivity index (χ0) is 17.1. The molecule has 0 bridgehead atoms. The molecule has 0 N–H and O–H groups in total. The Kier molecular flexibility index (Phi) is 4.40. The summed E-state index contributed by atoms with van der Waals surface area (Å²) in [6.07, 6.45) is 10.4. The summed E-state index contributed by atoms with van der Waals surface area (Å²) in [4.78, 5) is 12.9. The highest BCUT2D eigenvalue weighted by Gasteiger charge is 2.36. The lowest BCUT2D eigenvalue weighted by molar-refractivity contribution is -0.115. The van der Waals surface area contributed by atoms with Crippen LogP contribution in [0.15, 0.2) is 84.0 Å². The predicted molar refractivity (Wildman–Crippen MR) is 103 cm³/mol. The number of ketones is 1. The van der Waals surface area contributed by atoms with Gasteiger partial charge in [0.1, 0.15) is 0 Å². The number of rotatable bonds is 2. The van der Waals surface area contributed by atoms with Crippen LogP contribution in [0.4, 0.5) is 0 Å². The SMILES string of the molecule is O=C1/C=C2/CCCC/C2=C/CC(c2ccccc2)(c2ccccc2)C1. The summed E-state index contributed by atoms with van der Waals surface area (Å²) in [5, 5.41) is 0. The number of carbonyl (C=O) groups is 1. The van der Waals surface area contributed by atoms with Crippen molar-refractivity contribution in [3.05, 3.63) is 95.1 Å². The molecule has 1 heteroatoms. The Morgan fingerprint density at radius 3 is 1.88 bits per heavy atom. The highest BCUT2D eigenvalue weighted by atomic mass is 16.1. The molecule has 1 fully saturated rings. The normalized spacial score (nSPS) is 24.1. The molecule has 0 heterocycles. The second kappa shape index (κ2) is 6.84. The van der Waals surface area contributed by atoms with Crippen molar-refractivity contribution in [1.82, 2.24) is 0 Å². The first-order chi connectivity index (χ1) is 12.3. The van der Waals surface area contributed by atoms with E-state index >= 15 is 0 Å². The Hall–Kier alpha value is -2.41. The summed E-state index contributed by atoms with van der Waals surface area (Å²) in [6.45, 7) is 0. The van der Waals surface area contributed by atoms with Gasteiger partial charge in [-0.05, 0) is 60.5 Å². The largest absolute Gasteiger partial charge is 0.295 e. The molecule has 25 heavy (non-hydrogen) atoms. The number of fused-ring (bicyclic) bond motifs is 1. The summed E-state index contributed by atoms with van der Waals surface area (Å²) in [6, 6.07) is 21.1. The van der Waals surface area contributed by atoms with Crippen LogP contribution in [0.25, 0.3) is 0 Å². The molecule has 0 spiro atoms. The summed E-state index contributed by atoms with van der Waals surface area (Å²) >= 11 is 0. The molecule has 1 nitrogen and oxygen atoms in total. The van der Waals surface area contributed by atoms with E-state index in [1.54, 1.807) is 0 Å². The van der Waals surface area contributed by atoms with Gasteiger partial charge in [0.05, 0.1) is 0 Å². The van der Waals surface area contributed by atoms with Gasteiger partial charge >= 0.3 is 0 Å². The quantitative estimate of drug-likeness (QED) is 0.684. The summed E-state index contributed by atoms with van der Waals surface area (Å²) < 4.78 is 0. The molecule has 126 valence electrons. The molecule has 2 aliphatic carbocycles. The second-order valence-corrected chi connectivity index (χ2v) is 7.27. The minimum Gasteiger partial charge on any atom is -0.295 e. The average molecular weight is 328 g/mol. The van der Waals surface area contributed by atoms with Crippen LogP contribution < -0.4 is 0 Å². The maximum atomic E-state index is 12.9.